The number of nitrogens with zero attached hydrogens (tertiary/aromatic N) is 1. The van der Waals surface area contributed by atoms with Gasteiger partial charge >= 0.3 is 6.03 Å². The van der Waals surface area contributed by atoms with Crippen LogP contribution in [-0.2, 0) is 0 Å². The summed E-state index contributed by atoms with van der Waals surface area (Å²) in [5, 5.41) is 2.88. The van der Waals surface area contributed by atoms with E-state index in [9.17, 15) is 4.79 Å². The number of urea groups is 1. The Kier molecular flexibility index (Phi) is 4.43. The lowest BCUT2D eigenvalue weighted by atomic mass is 9.87. The second-order valence-electron chi connectivity index (χ2n) is 5.26. The molecule has 0 spiro atoms. The molecule has 3 heteroatoms. The van der Waals surface area contributed by atoms with Crippen LogP contribution in [-0.4, -0.2) is 30.1 Å². The zero-order valence-electron chi connectivity index (χ0n) is 10.5. The van der Waals surface area contributed by atoms with Gasteiger partial charge in [-0.25, -0.2) is 4.79 Å². The van der Waals surface area contributed by atoms with E-state index in [1.165, 1.54) is 0 Å². The first-order valence-electron chi connectivity index (χ1n) is 5.19. The molecule has 0 aromatic heterocycles. The molecule has 0 rings (SSSR count). The first-order chi connectivity index (χ1) is 6.16. The Morgan fingerprint density at radius 2 is 1.64 bits per heavy atom. The number of amides is 2. The SMILES string of the molecule is CC(C)NC(=O)N(C)C(C)C(C)(C)C. The zero-order valence-corrected chi connectivity index (χ0v) is 10.5. The van der Waals surface area contributed by atoms with Gasteiger partial charge in [0.25, 0.3) is 0 Å². The third kappa shape index (κ3) is 3.99. The second kappa shape index (κ2) is 4.67. The van der Waals surface area contributed by atoms with Crippen LogP contribution in [0.2, 0.25) is 0 Å². The van der Waals surface area contributed by atoms with Gasteiger partial charge in [-0.2, -0.15) is 0 Å². The van der Waals surface area contributed by atoms with Gasteiger partial charge in [-0.15, -0.1) is 0 Å². The molecule has 0 aromatic carbocycles. The molecule has 0 radical (unpaired) electrons. The fourth-order valence-electron chi connectivity index (χ4n) is 1.11. The number of carbonyl (C=O) groups is 1. The van der Waals surface area contributed by atoms with Gasteiger partial charge in [0, 0.05) is 19.1 Å². The molecule has 0 aromatic rings. The Morgan fingerprint density at radius 3 is 1.93 bits per heavy atom. The van der Waals surface area contributed by atoms with Crippen LogP contribution in [0.15, 0.2) is 0 Å². The van der Waals surface area contributed by atoms with Crippen LogP contribution in [0.25, 0.3) is 0 Å². The highest BCUT2D eigenvalue weighted by Crippen LogP contribution is 2.22. The summed E-state index contributed by atoms with van der Waals surface area (Å²) in [4.78, 5) is 13.4. The molecule has 0 aliphatic heterocycles. The summed E-state index contributed by atoms with van der Waals surface area (Å²) in [6.45, 7) is 12.4. The molecule has 0 saturated heterocycles. The number of hydrogen-bond acceptors (Lipinski definition) is 1. The van der Waals surface area contributed by atoms with Gasteiger partial charge in [-0.1, -0.05) is 20.8 Å². The summed E-state index contributed by atoms with van der Waals surface area (Å²) in [6, 6.07) is 0.417. The van der Waals surface area contributed by atoms with Gasteiger partial charge in [-0.05, 0) is 26.2 Å². The van der Waals surface area contributed by atoms with Crippen LogP contribution in [0, 0.1) is 5.41 Å². The lowest BCUT2D eigenvalue weighted by Gasteiger charge is -2.35. The monoisotopic (exact) mass is 200 g/mol. The minimum absolute atomic E-state index is 0.00225. The zero-order chi connectivity index (χ0) is 11.5. The molecule has 0 fully saturated rings. The van der Waals surface area contributed by atoms with Gasteiger partial charge in [0.2, 0.25) is 0 Å². The highest BCUT2D eigenvalue weighted by molar-refractivity contribution is 5.74. The maximum Gasteiger partial charge on any atom is 0.317 e. The van der Waals surface area contributed by atoms with Crippen LogP contribution in [0.4, 0.5) is 4.79 Å². The lowest BCUT2D eigenvalue weighted by Crippen LogP contribution is -2.49. The number of carbonyl (C=O) groups excluding carboxylic acids is 1. The first-order valence-corrected chi connectivity index (χ1v) is 5.19. The maximum absolute atomic E-state index is 11.7. The largest absolute Gasteiger partial charge is 0.336 e. The molecule has 0 saturated carbocycles. The van der Waals surface area contributed by atoms with E-state index in [1.807, 2.05) is 20.9 Å². The third-order valence-corrected chi connectivity index (χ3v) is 2.57. The van der Waals surface area contributed by atoms with Crippen molar-refractivity contribution in [1.29, 1.82) is 0 Å². The van der Waals surface area contributed by atoms with Crippen LogP contribution in [0.1, 0.15) is 41.5 Å². The van der Waals surface area contributed by atoms with Crippen molar-refractivity contribution in [2.75, 3.05) is 7.05 Å². The molecule has 84 valence electrons. The van der Waals surface area contributed by atoms with E-state index in [1.54, 1.807) is 4.90 Å². The van der Waals surface area contributed by atoms with Crippen LogP contribution in [0.3, 0.4) is 0 Å². The quantitative estimate of drug-likeness (QED) is 0.729. The highest BCUT2D eigenvalue weighted by Gasteiger charge is 2.26. The van der Waals surface area contributed by atoms with Crippen molar-refractivity contribution in [2.45, 2.75) is 53.6 Å². The summed E-state index contributed by atoms with van der Waals surface area (Å²) in [6.07, 6.45) is 0. The fourth-order valence-corrected chi connectivity index (χ4v) is 1.11. The minimum Gasteiger partial charge on any atom is -0.336 e. The summed E-state index contributed by atoms with van der Waals surface area (Å²) in [5.74, 6) is 0. The molecular formula is C11H24N2O. The summed E-state index contributed by atoms with van der Waals surface area (Å²) in [5.41, 5.74) is 0.114. The highest BCUT2D eigenvalue weighted by atomic mass is 16.2. The summed E-state index contributed by atoms with van der Waals surface area (Å²) < 4.78 is 0. The van der Waals surface area contributed by atoms with E-state index < -0.39 is 0 Å². The van der Waals surface area contributed by atoms with Crippen LogP contribution >= 0.6 is 0 Å². The van der Waals surface area contributed by atoms with Crippen molar-refractivity contribution in [2.24, 2.45) is 5.41 Å². The van der Waals surface area contributed by atoms with E-state index in [2.05, 4.69) is 33.0 Å². The third-order valence-electron chi connectivity index (χ3n) is 2.57. The van der Waals surface area contributed by atoms with Crippen LogP contribution < -0.4 is 5.32 Å². The van der Waals surface area contributed by atoms with Crippen molar-refractivity contribution in [1.82, 2.24) is 10.2 Å². The number of hydrogen-bond donors (Lipinski definition) is 1. The van der Waals surface area contributed by atoms with Crippen molar-refractivity contribution in [3.8, 4) is 0 Å². The van der Waals surface area contributed by atoms with E-state index in [-0.39, 0.29) is 23.5 Å². The normalized spacial score (nSPS) is 14.0. The predicted octanol–water partition coefficient (Wildman–Crippen LogP) is 2.47. The van der Waals surface area contributed by atoms with Gasteiger partial charge in [0.1, 0.15) is 0 Å². The Balaban J connectivity index is 4.32. The Labute approximate surface area is 87.9 Å². The summed E-state index contributed by atoms with van der Waals surface area (Å²) in [7, 11) is 1.84. The van der Waals surface area contributed by atoms with E-state index in [4.69, 9.17) is 0 Å². The molecule has 0 aliphatic rings. The molecule has 1 unspecified atom stereocenters. The molecule has 3 nitrogen and oxygen atoms in total. The Morgan fingerprint density at radius 1 is 1.21 bits per heavy atom. The molecule has 2 amide bonds. The lowest BCUT2D eigenvalue weighted by molar-refractivity contribution is 0.144. The number of nitrogens with one attached hydrogen (secondary N) is 1. The maximum atomic E-state index is 11.7. The van der Waals surface area contributed by atoms with E-state index >= 15 is 0 Å². The average molecular weight is 200 g/mol. The second-order valence-corrected chi connectivity index (χ2v) is 5.26. The van der Waals surface area contributed by atoms with Crippen molar-refractivity contribution < 1.29 is 4.79 Å². The minimum atomic E-state index is 0.00225. The van der Waals surface area contributed by atoms with Crippen LogP contribution in [0.5, 0.6) is 0 Å². The summed E-state index contributed by atoms with van der Waals surface area (Å²) >= 11 is 0. The molecule has 1 N–H and O–H groups in total. The number of rotatable bonds is 2. The van der Waals surface area contributed by atoms with Gasteiger partial charge in [0.15, 0.2) is 0 Å². The van der Waals surface area contributed by atoms with Gasteiger partial charge in [-0.3, -0.25) is 0 Å². The molecule has 0 heterocycles. The van der Waals surface area contributed by atoms with Crippen molar-refractivity contribution in [3.05, 3.63) is 0 Å². The molecule has 14 heavy (non-hydrogen) atoms. The van der Waals surface area contributed by atoms with Gasteiger partial charge in [0.05, 0.1) is 0 Å². The Hall–Kier alpha value is -0.730. The average Bonchev–Trinajstić information content (AvgIpc) is 1.98. The molecule has 0 bridgehead atoms. The molecular weight excluding hydrogens is 176 g/mol. The Bertz CT molecular complexity index is 194. The van der Waals surface area contributed by atoms with E-state index in [0.717, 1.165) is 0 Å². The van der Waals surface area contributed by atoms with Gasteiger partial charge < -0.3 is 10.2 Å². The molecule has 1 atom stereocenters. The van der Waals surface area contributed by atoms with E-state index in [0.29, 0.717) is 0 Å². The standard InChI is InChI=1S/C11H24N2O/c1-8(2)12-10(14)13(7)9(3)11(4,5)6/h8-9H,1-7H3,(H,12,14). The molecule has 0 aliphatic carbocycles. The topological polar surface area (TPSA) is 32.3 Å². The van der Waals surface area contributed by atoms with Crippen molar-refractivity contribution >= 4 is 6.03 Å². The first kappa shape index (κ1) is 13.3. The predicted molar refractivity (Wildman–Crippen MR) is 60.3 cm³/mol. The fraction of sp³-hybridized carbons (Fsp3) is 0.909. The smallest absolute Gasteiger partial charge is 0.317 e. The van der Waals surface area contributed by atoms with Crippen molar-refractivity contribution in [3.63, 3.8) is 0 Å².